The highest BCUT2D eigenvalue weighted by molar-refractivity contribution is 5.62. The summed E-state index contributed by atoms with van der Waals surface area (Å²) in [4.78, 5) is 0. The lowest BCUT2D eigenvalue weighted by molar-refractivity contribution is 0.972. The lowest BCUT2D eigenvalue weighted by atomic mass is 9.99. The predicted molar refractivity (Wildman–Crippen MR) is 64.2 cm³/mol. The van der Waals surface area contributed by atoms with Gasteiger partial charge >= 0.3 is 0 Å². The third kappa shape index (κ3) is 2.09. The molecule has 0 radical (unpaired) electrons. The summed E-state index contributed by atoms with van der Waals surface area (Å²) in [5, 5.41) is 3.51. The molecule has 0 aliphatic rings. The minimum atomic E-state index is 1.06. The first-order valence-corrected chi connectivity index (χ1v) is 5.39. The van der Waals surface area contributed by atoms with E-state index < -0.39 is 0 Å². The molecule has 1 rings (SSSR count). The standard InChI is InChI=1S/C13H21N/c1-6-7-14-13-11(4)9(2)8-10(3)12(13)5/h8,14H,6-7H2,1-5H3. The van der Waals surface area contributed by atoms with Crippen molar-refractivity contribution in [2.24, 2.45) is 0 Å². The molecule has 14 heavy (non-hydrogen) atoms. The fraction of sp³-hybridized carbons (Fsp3) is 0.538. The molecule has 0 aliphatic heterocycles. The summed E-state index contributed by atoms with van der Waals surface area (Å²) in [6.07, 6.45) is 1.17. The van der Waals surface area contributed by atoms with Crippen LogP contribution in [0.25, 0.3) is 0 Å². The zero-order valence-corrected chi connectivity index (χ0v) is 9.99. The average Bonchev–Trinajstić information content (AvgIpc) is 2.15. The Morgan fingerprint density at radius 2 is 1.50 bits per heavy atom. The van der Waals surface area contributed by atoms with Crippen molar-refractivity contribution in [3.05, 3.63) is 28.3 Å². The van der Waals surface area contributed by atoms with Crippen LogP contribution in [0.3, 0.4) is 0 Å². The van der Waals surface area contributed by atoms with Crippen LogP contribution in [0.2, 0.25) is 0 Å². The van der Waals surface area contributed by atoms with E-state index >= 15 is 0 Å². The predicted octanol–water partition coefficient (Wildman–Crippen LogP) is 3.74. The summed E-state index contributed by atoms with van der Waals surface area (Å²) in [7, 11) is 0. The summed E-state index contributed by atoms with van der Waals surface area (Å²) in [6.45, 7) is 12.0. The number of hydrogen-bond acceptors (Lipinski definition) is 1. The van der Waals surface area contributed by atoms with Crippen molar-refractivity contribution in [2.45, 2.75) is 41.0 Å². The minimum Gasteiger partial charge on any atom is -0.385 e. The zero-order chi connectivity index (χ0) is 10.7. The summed E-state index contributed by atoms with van der Waals surface area (Å²) in [6, 6.07) is 2.27. The van der Waals surface area contributed by atoms with Gasteiger partial charge in [0, 0.05) is 12.2 Å². The Bertz CT molecular complexity index is 300. The number of anilines is 1. The first kappa shape index (κ1) is 11.1. The van der Waals surface area contributed by atoms with Gasteiger partial charge in [-0.3, -0.25) is 0 Å². The maximum Gasteiger partial charge on any atom is 0.0404 e. The van der Waals surface area contributed by atoms with Crippen molar-refractivity contribution in [3.8, 4) is 0 Å². The summed E-state index contributed by atoms with van der Waals surface area (Å²) in [5.74, 6) is 0. The van der Waals surface area contributed by atoms with Gasteiger partial charge in [-0.1, -0.05) is 13.0 Å². The number of hydrogen-bond donors (Lipinski definition) is 1. The van der Waals surface area contributed by atoms with Gasteiger partial charge in [-0.2, -0.15) is 0 Å². The SMILES string of the molecule is CCCNc1c(C)c(C)cc(C)c1C. The highest BCUT2D eigenvalue weighted by Crippen LogP contribution is 2.26. The van der Waals surface area contributed by atoms with Gasteiger partial charge in [-0.25, -0.2) is 0 Å². The van der Waals surface area contributed by atoms with Crippen molar-refractivity contribution in [3.63, 3.8) is 0 Å². The van der Waals surface area contributed by atoms with Crippen LogP contribution in [0.1, 0.15) is 35.6 Å². The monoisotopic (exact) mass is 191 g/mol. The molecule has 78 valence electrons. The van der Waals surface area contributed by atoms with Crippen LogP contribution in [-0.4, -0.2) is 6.54 Å². The normalized spacial score (nSPS) is 10.4. The fourth-order valence-corrected chi connectivity index (χ4v) is 1.73. The van der Waals surface area contributed by atoms with Crippen LogP contribution >= 0.6 is 0 Å². The van der Waals surface area contributed by atoms with E-state index in [0.29, 0.717) is 0 Å². The Labute approximate surface area is 87.5 Å². The molecule has 1 aromatic carbocycles. The number of rotatable bonds is 3. The van der Waals surface area contributed by atoms with Crippen LogP contribution in [0.4, 0.5) is 5.69 Å². The highest BCUT2D eigenvalue weighted by Gasteiger charge is 2.06. The van der Waals surface area contributed by atoms with E-state index in [1.165, 1.54) is 34.4 Å². The molecule has 0 aliphatic carbocycles. The van der Waals surface area contributed by atoms with Crippen molar-refractivity contribution in [2.75, 3.05) is 11.9 Å². The van der Waals surface area contributed by atoms with Gasteiger partial charge in [-0.15, -0.1) is 0 Å². The topological polar surface area (TPSA) is 12.0 Å². The molecule has 0 unspecified atom stereocenters. The van der Waals surface area contributed by atoms with E-state index in [2.05, 4.69) is 46.0 Å². The number of aryl methyl sites for hydroxylation is 2. The Hall–Kier alpha value is -0.980. The second-order valence-electron chi connectivity index (χ2n) is 4.06. The van der Waals surface area contributed by atoms with Crippen LogP contribution in [-0.2, 0) is 0 Å². The Morgan fingerprint density at radius 1 is 1.00 bits per heavy atom. The quantitative estimate of drug-likeness (QED) is 0.767. The molecule has 0 spiro atoms. The first-order chi connectivity index (χ1) is 6.57. The Balaban J connectivity index is 3.11. The second-order valence-corrected chi connectivity index (χ2v) is 4.06. The molecule has 0 heterocycles. The molecule has 1 nitrogen and oxygen atoms in total. The summed E-state index contributed by atoms with van der Waals surface area (Å²) < 4.78 is 0. The van der Waals surface area contributed by atoms with Crippen LogP contribution in [0.15, 0.2) is 6.07 Å². The zero-order valence-electron chi connectivity index (χ0n) is 9.99. The molecular weight excluding hydrogens is 170 g/mol. The van der Waals surface area contributed by atoms with E-state index in [0.717, 1.165) is 6.54 Å². The van der Waals surface area contributed by atoms with E-state index in [1.807, 2.05) is 0 Å². The van der Waals surface area contributed by atoms with Gasteiger partial charge in [-0.05, 0) is 56.4 Å². The molecule has 0 bridgehead atoms. The van der Waals surface area contributed by atoms with E-state index in [4.69, 9.17) is 0 Å². The van der Waals surface area contributed by atoms with Crippen molar-refractivity contribution in [1.29, 1.82) is 0 Å². The Morgan fingerprint density at radius 3 is 1.93 bits per heavy atom. The first-order valence-electron chi connectivity index (χ1n) is 5.39. The molecule has 1 heteroatoms. The fourth-order valence-electron chi connectivity index (χ4n) is 1.73. The largest absolute Gasteiger partial charge is 0.385 e. The lowest BCUT2D eigenvalue weighted by Gasteiger charge is -2.16. The molecule has 0 saturated carbocycles. The van der Waals surface area contributed by atoms with Gasteiger partial charge in [0.15, 0.2) is 0 Å². The molecule has 0 aromatic heterocycles. The molecule has 0 saturated heterocycles. The van der Waals surface area contributed by atoms with E-state index in [1.54, 1.807) is 0 Å². The number of benzene rings is 1. The maximum absolute atomic E-state index is 3.51. The van der Waals surface area contributed by atoms with Crippen molar-refractivity contribution < 1.29 is 0 Å². The molecule has 0 amide bonds. The van der Waals surface area contributed by atoms with Gasteiger partial charge in [0.25, 0.3) is 0 Å². The van der Waals surface area contributed by atoms with Gasteiger partial charge in [0.2, 0.25) is 0 Å². The van der Waals surface area contributed by atoms with Crippen molar-refractivity contribution in [1.82, 2.24) is 0 Å². The average molecular weight is 191 g/mol. The highest BCUT2D eigenvalue weighted by atomic mass is 14.9. The van der Waals surface area contributed by atoms with Crippen LogP contribution in [0.5, 0.6) is 0 Å². The maximum atomic E-state index is 3.51. The number of nitrogens with one attached hydrogen (secondary N) is 1. The minimum absolute atomic E-state index is 1.06. The van der Waals surface area contributed by atoms with Crippen molar-refractivity contribution >= 4 is 5.69 Å². The van der Waals surface area contributed by atoms with E-state index in [-0.39, 0.29) is 0 Å². The van der Waals surface area contributed by atoms with Gasteiger partial charge in [0.1, 0.15) is 0 Å². The Kier molecular flexibility index (Phi) is 3.56. The molecule has 1 N–H and O–H groups in total. The van der Waals surface area contributed by atoms with Crippen LogP contribution < -0.4 is 5.32 Å². The lowest BCUT2D eigenvalue weighted by Crippen LogP contribution is -2.05. The van der Waals surface area contributed by atoms with Gasteiger partial charge < -0.3 is 5.32 Å². The smallest absolute Gasteiger partial charge is 0.0404 e. The van der Waals surface area contributed by atoms with E-state index in [9.17, 15) is 0 Å². The van der Waals surface area contributed by atoms with Gasteiger partial charge in [0.05, 0.1) is 0 Å². The van der Waals surface area contributed by atoms with Crippen LogP contribution in [0, 0.1) is 27.7 Å². The second kappa shape index (κ2) is 4.50. The summed E-state index contributed by atoms with van der Waals surface area (Å²) in [5.41, 5.74) is 6.88. The third-order valence-electron chi connectivity index (χ3n) is 2.92. The summed E-state index contributed by atoms with van der Waals surface area (Å²) >= 11 is 0. The molecule has 1 aromatic rings. The third-order valence-corrected chi connectivity index (χ3v) is 2.92. The molecule has 0 fully saturated rings. The molecular formula is C13H21N. The molecule has 0 atom stereocenters.